The van der Waals surface area contributed by atoms with Crippen molar-refractivity contribution in [3.8, 4) is 0 Å². The lowest BCUT2D eigenvalue weighted by molar-refractivity contribution is -0.116. The first-order valence-corrected chi connectivity index (χ1v) is 8.46. The van der Waals surface area contributed by atoms with E-state index in [2.05, 4.69) is 11.9 Å². The number of allylic oxidation sites excluding steroid dienone is 3. The molecule has 0 bridgehead atoms. The van der Waals surface area contributed by atoms with E-state index in [0.29, 0.717) is 22.2 Å². The van der Waals surface area contributed by atoms with Crippen LogP contribution < -0.4 is 5.32 Å². The van der Waals surface area contributed by atoms with E-state index in [9.17, 15) is 9.18 Å². The van der Waals surface area contributed by atoms with Crippen LogP contribution in [0.5, 0.6) is 0 Å². The van der Waals surface area contributed by atoms with Gasteiger partial charge in [-0.2, -0.15) is 0 Å². The van der Waals surface area contributed by atoms with E-state index in [1.807, 2.05) is 19.1 Å². The monoisotopic (exact) mass is 367 g/mol. The smallest absolute Gasteiger partial charge is 0.244 e. The molecule has 1 aliphatic carbocycles. The van der Waals surface area contributed by atoms with Crippen LogP contribution in [-0.2, 0) is 4.79 Å². The predicted molar refractivity (Wildman–Crippen MR) is 98.1 cm³/mol. The minimum absolute atomic E-state index is 0.115. The van der Waals surface area contributed by atoms with Crippen LogP contribution in [0.2, 0.25) is 10.0 Å². The molecule has 0 spiro atoms. The second-order valence-electron chi connectivity index (χ2n) is 6.20. The van der Waals surface area contributed by atoms with Crippen LogP contribution in [0.25, 0.3) is 0 Å². The maximum absolute atomic E-state index is 14.2. The van der Waals surface area contributed by atoms with Crippen LogP contribution >= 0.6 is 23.2 Å². The molecule has 1 saturated carbocycles. The lowest BCUT2D eigenvalue weighted by atomic mass is 10.1. The molecule has 0 saturated heterocycles. The topological polar surface area (TPSA) is 29.1 Å². The van der Waals surface area contributed by atoms with Crippen molar-refractivity contribution in [3.63, 3.8) is 0 Å². The normalized spacial score (nSPS) is 20.7. The Balaban J connectivity index is 1.97. The van der Waals surface area contributed by atoms with Gasteiger partial charge in [0.1, 0.15) is 5.83 Å². The van der Waals surface area contributed by atoms with E-state index in [0.717, 1.165) is 17.6 Å². The van der Waals surface area contributed by atoms with Crippen molar-refractivity contribution < 1.29 is 9.18 Å². The highest BCUT2D eigenvalue weighted by molar-refractivity contribution is 6.42. The molecule has 0 unspecified atom stereocenters. The van der Waals surface area contributed by atoms with Gasteiger partial charge in [0.2, 0.25) is 5.91 Å². The Bertz CT molecular complexity index is 724. The number of amides is 1. The van der Waals surface area contributed by atoms with Gasteiger partial charge in [-0.05, 0) is 61.4 Å². The number of carbonyl (C=O) groups is 1. The van der Waals surface area contributed by atoms with E-state index >= 15 is 0 Å². The molecule has 1 aromatic rings. The third kappa shape index (κ3) is 5.22. The quantitative estimate of drug-likeness (QED) is 0.396. The molecule has 5 heteroatoms. The fraction of sp³-hybridized carbons (Fsp3) is 0.316. The lowest BCUT2D eigenvalue weighted by Crippen LogP contribution is -2.22. The molecular weight excluding hydrogens is 348 g/mol. The summed E-state index contributed by atoms with van der Waals surface area (Å²) in [4.78, 5) is 11.7. The molecule has 0 radical (unpaired) electrons. The molecule has 1 amide bonds. The van der Waals surface area contributed by atoms with Crippen molar-refractivity contribution in [3.05, 3.63) is 69.5 Å². The molecule has 2 rings (SSSR count). The zero-order chi connectivity index (χ0) is 17.9. The fourth-order valence-corrected chi connectivity index (χ4v) is 2.71. The number of hydrogen-bond donors (Lipinski definition) is 1. The summed E-state index contributed by atoms with van der Waals surface area (Å²) >= 11 is 11.9. The van der Waals surface area contributed by atoms with Crippen LogP contribution in [0.4, 0.5) is 4.39 Å². The second kappa shape index (κ2) is 8.00. The minimum Gasteiger partial charge on any atom is -0.349 e. The minimum atomic E-state index is -0.368. The maximum Gasteiger partial charge on any atom is 0.244 e. The molecule has 24 heavy (non-hydrogen) atoms. The fourth-order valence-electron chi connectivity index (χ4n) is 2.40. The summed E-state index contributed by atoms with van der Waals surface area (Å²) in [5, 5.41) is 3.67. The lowest BCUT2D eigenvalue weighted by Gasteiger charge is -2.03. The number of benzene rings is 1. The molecular formula is C19H20Cl2FNO. The Kier molecular flexibility index (Phi) is 6.25. The first kappa shape index (κ1) is 18.8. The summed E-state index contributed by atoms with van der Waals surface area (Å²) in [6.07, 6.45) is 3.71. The highest BCUT2D eigenvalue weighted by atomic mass is 35.5. The first-order chi connectivity index (χ1) is 11.3. The molecule has 1 N–H and O–H groups in total. The Morgan fingerprint density at radius 2 is 2.08 bits per heavy atom. The van der Waals surface area contributed by atoms with Crippen LogP contribution in [-0.4, -0.2) is 12.5 Å². The Morgan fingerprint density at radius 1 is 1.38 bits per heavy atom. The number of carbonyl (C=O) groups excluding carboxylic acids is 1. The standard InChI is InChI=1S/C19H20Cl2FNO/c1-11(2)10-23-19(24)6-12(3)18(22)9-14-7-15(14)13-4-5-16(20)17(21)8-13/h4-6,8-9,14-15H,1,7,10H2,2-3H3,(H,23,24)/b12-6+,18-9-/t14-,15-/m0/s1. The van der Waals surface area contributed by atoms with Gasteiger partial charge in [0.15, 0.2) is 0 Å². The largest absolute Gasteiger partial charge is 0.349 e. The van der Waals surface area contributed by atoms with Crippen LogP contribution in [0.3, 0.4) is 0 Å². The van der Waals surface area contributed by atoms with Gasteiger partial charge in [0.05, 0.1) is 10.0 Å². The van der Waals surface area contributed by atoms with Crippen molar-refractivity contribution in [2.45, 2.75) is 26.2 Å². The Hall–Kier alpha value is -1.58. The molecule has 1 aliphatic rings. The van der Waals surface area contributed by atoms with Gasteiger partial charge >= 0.3 is 0 Å². The van der Waals surface area contributed by atoms with Gasteiger partial charge in [-0.25, -0.2) is 4.39 Å². The van der Waals surface area contributed by atoms with E-state index in [1.54, 1.807) is 19.1 Å². The van der Waals surface area contributed by atoms with Gasteiger partial charge in [-0.15, -0.1) is 0 Å². The maximum atomic E-state index is 14.2. The van der Waals surface area contributed by atoms with Gasteiger partial charge in [0, 0.05) is 12.6 Å². The van der Waals surface area contributed by atoms with Gasteiger partial charge in [-0.1, -0.05) is 41.4 Å². The Labute approximate surface area is 152 Å². The molecule has 0 aromatic heterocycles. The molecule has 0 heterocycles. The van der Waals surface area contributed by atoms with E-state index in [4.69, 9.17) is 23.2 Å². The zero-order valence-corrected chi connectivity index (χ0v) is 15.2. The van der Waals surface area contributed by atoms with Crippen molar-refractivity contribution >= 4 is 29.1 Å². The summed E-state index contributed by atoms with van der Waals surface area (Å²) in [5.41, 5.74) is 2.21. The summed E-state index contributed by atoms with van der Waals surface area (Å²) in [5.74, 6) is -0.330. The number of nitrogens with one attached hydrogen (secondary N) is 1. The first-order valence-electron chi connectivity index (χ1n) is 7.71. The SMILES string of the molecule is C=C(C)CNC(=O)/C=C(C)/C(F)=C/[C@@H]1C[C@H]1c1ccc(Cl)c(Cl)c1. The molecule has 2 atom stereocenters. The van der Waals surface area contributed by atoms with Crippen molar-refractivity contribution in [2.24, 2.45) is 5.92 Å². The summed E-state index contributed by atoms with van der Waals surface area (Å²) in [6.45, 7) is 7.48. The Morgan fingerprint density at radius 3 is 2.71 bits per heavy atom. The number of rotatable bonds is 6. The molecule has 0 aliphatic heterocycles. The van der Waals surface area contributed by atoms with Crippen LogP contribution in [0, 0.1) is 5.92 Å². The third-order valence-electron chi connectivity index (χ3n) is 3.86. The molecule has 1 fully saturated rings. The summed E-state index contributed by atoms with van der Waals surface area (Å²) in [7, 11) is 0. The average molecular weight is 368 g/mol. The van der Waals surface area contributed by atoms with E-state index < -0.39 is 0 Å². The van der Waals surface area contributed by atoms with Crippen LogP contribution in [0.1, 0.15) is 31.7 Å². The predicted octanol–water partition coefficient (Wildman–Crippen LogP) is 5.59. The molecule has 1 aromatic carbocycles. The van der Waals surface area contributed by atoms with Crippen LogP contribution in [0.15, 0.2) is 53.9 Å². The van der Waals surface area contributed by atoms with Gasteiger partial charge < -0.3 is 5.32 Å². The highest BCUT2D eigenvalue weighted by Crippen LogP contribution is 2.50. The highest BCUT2D eigenvalue weighted by Gasteiger charge is 2.37. The number of hydrogen-bond acceptors (Lipinski definition) is 1. The molecule has 2 nitrogen and oxygen atoms in total. The molecule has 128 valence electrons. The third-order valence-corrected chi connectivity index (χ3v) is 4.60. The summed E-state index contributed by atoms with van der Waals surface area (Å²) < 4.78 is 14.2. The van der Waals surface area contributed by atoms with Gasteiger partial charge in [-0.3, -0.25) is 4.79 Å². The van der Waals surface area contributed by atoms with Crippen molar-refractivity contribution in [1.82, 2.24) is 5.32 Å². The van der Waals surface area contributed by atoms with Crippen molar-refractivity contribution in [2.75, 3.05) is 6.54 Å². The summed E-state index contributed by atoms with van der Waals surface area (Å²) in [6, 6.07) is 5.50. The van der Waals surface area contributed by atoms with E-state index in [-0.39, 0.29) is 23.6 Å². The van der Waals surface area contributed by atoms with Gasteiger partial charge in [0.25, 0.3) is 0 Å². The van der Waals surface area contributed by atoms with E-state index in [1.165, 1.54) is 6.08 Å². The number of halogens is 3. The zero-order valence-electron chi connectivity index (χ0n) is 13.7. The average Bonchev–Trinajstić information content (AvgIpc) is 3.27. The second-order valence-corrected chi connectivity index (χ2v) is 7.01. The van der Waals surface area contributed by atoms with Crippen molar-refractivity contribution in [1.29, 1.82) is 0 Å².